The number of H-pyrrole nitrogens is 1. The van der Waals surface area contributed by atoms with Gasteiger partial charge >= 0.3 is 0 Å². The first kappa shape index (κ1) is 18.1. The lowest BCUT2D eigenvalue weighted by molar-refractivity contribution is -0.00924. The summed E-state index contributed by atoms with van der Waals surface area (Å²) in [6.45, 7) is 8.11. The molecule has 1 amide bonds. The molecule has 0 saturated carbocycles. The van der Waals surface area contributed by atoms with E-state index < -0.39 is 0 Å². The van der Waals surface area contributed by atoms with Gasteiger partial charge in [0, 0.05) is 35.2 Å². The number of halogens is 1. The van der Waals surface area contributed by atoms with E-state index in [9.17, 15) is 4.79 Å². The molecule has 1 aliphatic rings. The van der Waals surface area contributed by atoms with Crippen LogP contribution in [0.1, 0.15) is 24.3 Å². The van der Waals surface area contributed by atoms with Gasteiger partial charge in [-0.1, -0.05) is 28.1 Å². The molecule has 3 rings (SSSR count). The van der Waals surface area contributed by atoms with Crippen LogP contribution in [0.4, 0.5) is 0 Å². The van der Waals surface area contributed by atoms with E-state index >= 15 is 0 Å². The van der Waals surface area contributed by atoms with Gasteiger partial charge in [-0.3, -0.25) is 14.8 Å². The molecule has 2 N–H and O–H groups in total. The minimum Gasteiger partial charge on any atom is -0.379 e. The molecule has 1 saturated heterocycles. The number of carbonyl (C=O) groups excluding carboxylic acids is 1. The van der Waals surface area contributed by atoms with Crippen LogP contribution in [-0.4, -0.2) is 59.4 Å². The Kier molecular flexibility index (Phi) is 5.56. The van der Waals surface area contributed by atoms with Crippen LogP contribution >= 0.6 is 15.9 Å². The third kappa shape index (κ3) is 4.48. The molecule has 1 fully saturated rings. The first-order valence-electron chi connectivity index (χ1n) is 8.38. The summed E-state index contributed by atoms with van der Waals surface area (Å²) >= 11 is 3.41. The molecule has 7 heteroatoms. The van der Waals surface area contributed by atoms with Gasteiger partial charge in [0.15, 0.2) is 0 Å². The number of nitrogens with zero attached hydrogens (tertiary/aromatic N) is 2. The summed E-state index contributed by atoms with van der Waals surface area (Å²) in [6.07, 6.45) is 0. The second kappa shape index (κ2) is 7.68. The molecule has 0 aliphatic carbocycles. The van der Waals surface area contributed by atoms with Crippen molar-refractivity contribution in [1.82, 2.24) is 20.4 Å². The summed E-state index contributed by atoms with van der Waals surface area (Å²) in [4.78, 5) is 14.8. The number of aromatic amines is 1. The molecule has 6 nitrogen and oxygen atoms in total. The number of hydrogen-bond donors (Lipinski definition) is 2. The number of rotatable bonds is 5. The molecule has 134 valence electrons. The van der Waals surface area contributed by atoms with Gasteiger partial charge < -0.3 is 10.1 Å². The van der Waals surface area contributed by atoms with Crippen LogP contribution in [0.15, 0.2) is 34.8 Å². The van der Waals surface area contributed by atoms with Gasteiger partial charge in [0.05, 0.1) is 18.9 Å². The minimum atomic E-state index is -0.141. The van der Waals surface area contributed by atoms with Crippen molar-refractivity contribution < 1.29 is 9.53 Å². The summed E-state index contributed by atoms with van der Waals surface area (Å²) in [5.74, 6) is -0.141. The largest absolute Gasteiger partial charge is 0.379 e. The molecule has 0 radical (unpaired) electrons. The number of benzene rings is 1. The average molecular weight is 407 g/mol. The second-order valence-corrected chi connectivity index (χ2v) is 7.68. The number of carbonyl (C=O) groups is 1. The van der Waals surface area contributed by atoms with Gasteiger partial charge in [0.2, 0.25) is 0 Å². The molecule has 1 aliphatic heterocycles. The molecule has 0 unspecified atom stereocenters. The molecule has 25 heavy (non-hydrogen) atoms. The zero-order valence-corrected chi connectivity index (χ0v) is 16.1. The maximum absolute atomic E-state index is 12.4. The molecule has 1 aromatic carbocycles. The Morgan fingerprint density at radius 1 is 1.32 bits per heavy atom. The average Bonchev–Trinajstić information content (AvgIpc) is 3.11. The predicted octanol–water partition coefficient (Wildman–Crippen LogP) is 2.68. The van der Waals surface area contributed by atoms with Crippen molar-refractivity contribution in [1.29, 1.82) is 0 Å². The zero-order valence-electron chi connectivity index (χ0n) is 14.5. The number of aromatic nitrogens is 2. The van der Waals surface area contributed by atoms with Crippen LogP contribution in [0.2, 0.25) is 0 Å². The highest BCUT2D eigenvalue weighted by Crippen LogP contribution is 2.20. The Labute approximate surface area is 156 Å². The van der Waals surface area contributed by atoms with Crippen LogP contribution in [0, 0.1) is 0 Å². The van der Waals surface area contributed by atoms with Gasteiger partial charge in [-0.25, -0.2) is 0 Å². The number of hydrogen-bond acceptors (Lipinski definition) is 4. The zero-order chi connectivity index (χ0) is 17.9. The third-order valence-corrected chi connectivity index (χ3v) is 5.04. The number of amides is 1. The third-order valence-electron chi connectivity index (χ3n) is 4.51. The van der Waals surface area contributed by atoms with E-state index in [-0.39, 0.29) is 11.4 Å². The SMILES string of the molecule is CC(C)(CNC(=O)c1cc(-c2ccc(Br)cc2)n[nH]1)N1CCOCC1. The fourth-order valence-electron chi connectivity index (χ4n) is 2.88. The Balaban J connectivity index is 1.61. The lowest BCUT2D eigenvalue weighted by atomic mass is 10.0. The van der Waals surface area contributed by atoms with Crippen molar-refractivity contribution in [2.24, 2.45) is 0 Å². The number of ether oxygens (including phenoxy) is 1. The van der Waals surface area contributed by atoms with Crippen LogP contribution in [0.3, 0.4) is 0 Å². The normalized spacial score (nSPS) is 16.0. The van der Waals surface area contributed by atoms with Gasteiger partial charge in [0.25, 0.3) is 5.91 Å². The standard InChI is InChI=1S/C18H23BrN4O2/c1-18(2,23-7-9-25-10-8-23)12-20-17(24)16-11-15(21-22-16)13-3-5-14(19)6-4-13/h3-6,11H,7-10,12H2,1-2H3,(H,20,24)(H,21,22). The number of morpholine rings is 1. The molecular formula is C18H23BrN4O2. The fraction of sp³-hybridized carbons (Fsp3) is 0.444. The predicted molar refractivity (Wildman–Crippen MR) is 101 cm³/mol. The van der Waals surface area contributed by atoms with Crippen molar-refractivity contribution >= 4 is 21.8 Å². The Bertz CT molecular complexity index is 721. The minimum absolute atomic E-state index is 0.117. The lowest BCUT2D eigenvalue weighted by Gasteiger charge is -2.40. The van der Waals surface area contributed by atoms with E-state index in [1.807, 2.05) is 24.3 Å². The van der Waals surface area contributed by atoms with Crippen molar-refractivity contribution in [3.63, 3.8) is 0 Å². The summed E-state index contributed by atoms with van der Waals surface area (Å²) in [5, 5.41) is 10.1. The molecule has 0 spiro atoms. The van der Waals surface area contributed by atoms with Crippen LogP contribution in [0.5, 0.6) is 0 Å². The van der Waals surface area contributed by atoms with Crippen LogP contribution < -0.4 is 5.32 Å². The van der Waals surface area contributed by atoms with Crippen LogP contribution in [0.25, 0.3) is 11.3 Å². The molecule has 1 aromatic heterocycles. The van der Waals surface area contributed by atoms with E-state index in [1.165, 1.54) is 0 Å². The van der Waals surface area contributed by atoms with Gasteiger partial charge in [0.1, 0.15) is 5.69 Å². The maximum atomic E-state index is 12.4. The summed E-state index contributed by atoms with van der Waals surface area (Å²) in [5.41, 5.74) is 2.07. The quantitative estimate of drug-likeness (QED) is 0.800. The number of nitrogens with one attached hydrogen (secondary N) is 2. The van der Waals surface area contributed by atoms with E-state index in [0.717, 1.165) is 42.0 Å². The first-order chi connectivity index (χ1) is 12.0. The van der Waals surface area contributed by atoms with E-state index in [0.29, 0.717) is 12.2 Å². The lowest BCUT2D eigenvalue weighted by Crippen LogP contribution is -2.55. The highest BCUT2D eigenvalue weighted by atomic mass is 79.9. The topological polar surface area (TPSA) is 70.2 Å². The van der Waals surface area contributed by atoms with Crippen molar-refractivity contribution in [3.8, 4) is 11.3 Å². The second-order valence-electron chi connectivity index (χ2n) is 6.77. The summed E-state index contributed by atoms with van der Waals surface area (Å²) in [6, 6.07) is 9.61. The van der Waals surface area contributed by atoms with E-state index in [1.54, 1.807) is 6.07 Å². The Morgan fingerprint density at radius 3 is 2.68 bits per heavy atom. The molecular weight excluding hydrogens is 384 g/mol. The smallest absolute Gasteiger partial charge is 0.269 e. The molecule has 2 heterocycles. The first-order valence-corrected chi connectivity index (χ1v) is 9.17. The van der Waals surface area contributed by atoms with Crippen molar-refractivity contribution in [2.75, 3.05) is 32.8 Å². The fourth-order valence-corrected chi connectivity index (χ4v) is 3.14. The summed E-state index contributed by atoms with van der Waals surface area (Å²) < 4.78 is 6.41. The molecule has 0 bridgehead atoms. The maximum Gasteiger partial charge on any atom is 0.269 e. The summed E-state index contributed by atoms with van der Waals surface area (Å²) in [7, 11) is 0. The monoisotopic (exact) mass is 406 g/mol. The highest BCUT2D eigenvalue weighted by molar-refractivity contribution is 9.10. The van der Waals surface area contributed by atoms with E-state index in [4.69, 9.17) is 4.74 Å². The highest BCUT2D eigenvalue weighted by Gasteiger charge is 2.28. The Morgan fingerprint density at radius 2 is 2.00 bits per heavy atom. The van der Waals surface area contributed by atoms with Crippen LogP contribution in [-0.2, 0) is 4.74 Å². The van der Waals surface area contributed by atoms with Gasteiger partial charge in [-0.05, 0) is 32.0 Å². The van der Waals surface area contributed by atoms with Crippen molar-refractivity contribution in [3.05, 3.63) is 40.5 Å². The molecule has 0 atom stereocenters. The Hall–Kier alpha value is -1.70. The van der Waals surface area contributed by atoms with Crippen molar-refractivity contribution in [2.45, 2.75) is 19.4 Å². The molecule has 2 aromatic rings. The van der Waals surface area contributed by atoms with E-state index in [2.05, 4.69) is 50.2 Å². The van der Waals surface area contributed by atoms with Gasteiger partial charge in [-0.2, -0.15) is 5.10 Å². The van der Waals surface area contributed by atoms with Gasteiger partial charge in [-0.15, -0.1) is 0 Å².